The summed E-state index contributed by atoms with van der Waals surface area (Å²) in [5.74, 6) is 0.954. The third-order valence-electron chi connectivity index (χ3n) is 4.00. The summed E-state index contributed by atoms with van der Waals surface area (Å²) in [4.78, 5) is 0.817. The number of hydrogen-bond acceptors (Lipinski definition) is 5. The van der Waals surface area contributed by atoms with Crippen LogP contribution >= 0.6 is 0 Å². The highest BCUT2D eigenvalue weighted by molar-refractivity contribution is 7.92. The van der Waals surface area contributed by atoms with Gasteiger partial charge in [0.05, 0.1) is 5.75 Å². The first-order chi connectivity index (χ1) is 11.1. The number of rotatable bonds is 1. The van der Waals surface area contributed by atoms with Crippen molar-refractivity contribution in [3.63, 3.8) is 0 Å². The molecule has 0 aliphatic carbocycles. The molecule has 0 fully saturated rings. The van der Waals surface area contributed by atoms with Gasteiger partial charge in [0, 0.05) is 16.7 Å². The number of fused-ring (bicyclic) bond motifs is 2. The summed E-state index contributed by atoms with van der Waals surface area (Å²) in [5.41, 5.74) is 0.686. The topological polar surface area (TPSA) is 75.7 Å². The van der Waals surface area contributed by atoms with Crippen LogP contribution in [0.25, 0.3) is 0 Å². The summed E-state index contributed by atoms with van der Waals surface area (Å²) in [6, 6.07) is 12.2. The number of benzene rings is 2. The first-order valence-corrected chi connectivity index (χ1v) is 10.0. The lowest BCUT2D eigenvalue weighted by atomic mass is 10.1. The minimum absolute atomic E-state index is 0.0312. The van der Waals surface area contributed by atoms with Crippen molar-refractivity contribution in [1.82, 2.24) is 0 Å². The van der Waals surface area contributed by atoms with E-state index in [1.165, 1.54) is 0 Å². The zero-order valence-electron chi connectivity index (χ0n) is 12.1. The van der Waals surface area contributed by atoms with Gasteiger partial charge in [0.1, 0.15) is 23.9 Å². The Morgan fingerprint density at radius 2 is 1.91 bits per heavy atom. The Labute approximate surface area is 137 Å². The molecule has 0 saturated carbocycles. The molecular formula is C16H14O5S2. The summed E-state index contributed by atoms with van der Waals surface area (Å²) in [7, 11) is -3.35. The predicted molar refractivity (Wildman–Crippen MR) is 85.1 cm³/mol. The minimum atomic E-state index is -3.35. The maximum atomic E-state index is 12.8. The number of para-hydroxylation sites is 1. The van der Waals surface area contributed by atoms with Gasteiger partial charge in [-0.2, -0.15) is 0 Å². The average molecular weight is 350 g/mol. The number of hydrogen-bond donors (Lipinski definition) is 0. The lowest BCUT2D eigenvalue weighted by Crippen LogP contribution is -2.27. The van der Waals surface area contributed by atoms with Gasteiger partial charge < -0.3 is 14.0 Å². The summed E-state index contributed by atoms with van der Waals surface area (Å²) in [6.07, 6.45) is 0. The summed E-state index contributed by atoms with van der Waals surface area (Å²) >= 11 is -1.29. The molecule has 0 bridgehead atoms. The fourth-order valence-electron chi connectivity index (χ4n) is 2.79. The van der Waals surface area contributed by atoms with Gasteiger partial charge in [-0.15, -0.1) is 0 Å². The molecule has 7 heteroatoms. The van der Waals surface area contributed by atoms with Crippen molar-refractivity contribution in [2.75, 3.05) is 19.0 Å². The normalized spacial score (nSPS) is 24.7. The molecule has 2 unspecified atom stereocenters. The zero-order chi connectivity index (χ0) is 16.0. The molecule has 0 amide bonds. The maximum absolute atomic E-state index is 12.8. The highest BCUT2D eigenvalue weighted by atomic mass is 32.2. The second kappa shape index (κ2) is 5.43. The Hall–Kier alpha value is -1.70. The van der Waals surface area contributed by atoms with Crippen molar-refractivity contribution >= 4 is 21.0 Å². The molecule has 0 radical (unpaired) electrons. The smallest absolute Gasteiger partial charge is 0.195 e. The van der Waals surface area contributed by atoms with Crippen LogP contribution < -0.4 is 9.47 Å². The monoisotopic (exact) mass is 350 g/mol. The van der Waals surface area contributed by atoms with Gasteiger partial charge in [0.15, 0.2) is 25.7 Å². The van der Waals surface area contributed by atoms with Crippen LogP contribution in [0.4, 0.5) is 0 Å². The molecule has 5 nitrogen and oxygen atoms in total. The molecule has 23 heavy (non-hydrogen) atoms. The van der Waals surface area contributed by atoms with Crippen LogP contribution in [0.5, 0.6) is 11.5 Å². The van der Waals surface area contributed by atoms with Gasteiger partial charge in [-0.3, -0.25) is 0 Å². The van der Waals surface area contributed by atoms with E-state index in [0.29, 0.717) is 22.0 Å². The van der Waals surface area contributed by atoms with E-state index in [1.54, 1.807) is 30.3 Å². The molecule has 2 atom stereocenters. The summed E-state index contributed by atoms with van der Waals surface area (Å²) in [5, 5.41) is -0.396. The van der Waals surface area contributed by atoms with Crippen LogP contribution in [-0.2, 0) is 21.0 Å². The minimum Gasteiger partial charge on any atom is -0.611 e. The van der Waals surface area contributed by atoms with E-state index in [-0.39, 0.29) is 23.9 Å². The maximum Gasteiger partial charge on any atom is 0.195 e. The van der Waals surface area contributed by atoms with E-state index >= 15 is 0 Å². The van der Waals surface area contributed by atoms with Crippen LogP contribution in [-0.4, -0.2) is 31.9 Å². The lowest BCUT2D eigenvalue weighted by molar-refractivity contribution is 0.293. The van der Waals surface area contributed by atoms with Crippen molar-refractivity contribution in [2.24, 2.45) is 0 Å². The van der Waals surface area contributed by atoms with E-state index in [1.807, 2.05) is 12.1 Å². The van der Waals surface area contributed by atoms with Crippen molar-refractivity contribution < 1.29 is 22.4 Å². The van der Waals surface area contributed by atoms with E-state index in [0.717, 1.165) is 0 Å². The van der Waals surface area contributed by atoms with Crippen LogP contribution in [0.2, 0.25) is 0 Å². The zero-order valence-corrected chi connectivity index (χ0v) is 13.7. The van der Waals surface area contributed by atoms with Crippen molar-refractivity contribution in [1.29, 1.82) is 0 Å². The molecule has 2 aliphatic heterocycles. The fraction of sp³-hybridized carbons (Fsp3) is 0.250. The quantitative estimate of drug-likeness (QED) is 0.736. The Balaban J connectivity index is 1.75. The Bertz CT molecular complexity index is 863. The fourth-order valence-corrected chi connectivity index (χ4v) is 5.50. The van der Waals surface area contributed by atoms with Crippen molar-refractivity contribution in [2.45, 2.75) is 15.0 Å². The molecule has 2 aliphatic rings. The molecule has 2 aromatic rings. The number of sulfone groups is 1. The molecule has 2 aromatic carbocycles. The van der Waals surface area contributed by atoms with E-state index in [4.69, 9.17) is 9.47 Å². The largest absolute Gasteiger partial charge is 0.611 e. The molecule has 4 rings (SSSR count). The van der Waals surface area contributed by atoms with Gasteiger partial charge in [0.25, 0.3) is 0 Å². The van der Waals surface area contributed by atoms with Gasteiger partial charge in [-0.1, -0.05) is 18.2 Å². The van der Waals surface area contributed by atoms with Crippen molar-refractivity contribution in [3.8, 4) is 11.5 Å². The Morgan fingerprint density at radius 1 is 1.09 bits per heavy atom. The van der Waals surface area contributed by atoms with Gasteiger partial charge in [-0.05, 0) is 24.3 Å². The first-order valence-electron chi connectivity index (χ1n) is 7.18. The highest BCUT2D eigenvalue weighted by Gasteiger charge is 2.36. The highest BCUT2D eigenvalue weighted by Crippen LogP contribution is 2.40. The van der Waals surface area contributed by atoms with Crippen LogP contribution in [0.1, 0.15) is 10.8 Å². The molecule has 0 saturated heterocycles. The van der Waals surface area contributed by atoms with Crippen molar-refractivity contribution in [3.05, 3.63) is 48.0 Å². The molecular weight excluding hydrogens is 336 g/mol. The lowest BCUT2D eigenvalue weighted by Gasteiger charge is -2.28. The van der Waals surface area contributed by atoms with E-state index in [9.17, 15) is 13.0 Å². The Morgan fingerprint density at radius 3 is 2.78 bits per heavy atom. The van der Waals surface area contributed by atoms with Crippen LogP contribution in [0.15, 0.2) is 52.3 Å². The average Bonchev–Trinajstić information content (AvgIpc) is 2.55. The molecule has 2 heterocycles. The second-order valence-electron chi connectivity index (χ2n) is 5.42. The van der Waals surface area contributed by atoms with Crippen LogP contribution in [0, 0.1) is 0 Å². The van der Waals surface area contributed by atoms with E-state index in [2.05, 4.69) is 0 Å². The molecule has 0 aromatic heterocycles. The predicted octanol–water partition coefficient (Wildman–Crippen LogP) is 2.09. The second-order valence-corrected chi connectivity index (χ2v) is 9.10. The van der Waals surface area contributed by atoms with Gasteiger partial charge in [-0.25, -0.2) is 8.42 Å². The van der Waals surface area contributed by atoms with Gasteiger partial charge in [0.2, 0.25) is 0 Å². The Kier molecular flexibility index (Phi) is 3.51. The standard InChI is InChI=1S/C16H14O5S2/c17-22-14-4-2-1-3-12(14)21-10-15(22)11-5-6-13-16(9-11)23(18,19)8-7-20-13/h1-6,9,15H,7-8,10H2. The SMILES string of the molecule is O=S1(=O)CCOc2ccc(C3COc4ccccc4[S+]3[O-])cc21. The molecule has 0 N–H and O–H groups in total. The summed E-state index contributed by atoms with van der Waals surface area (Å²) < 4.78 is 48.3. The van der Waals surface area contributed by atoms with E-state index < -0.39 is 26.3 Å². The third kappa shape index (κ3) is 2.49. The van der Waals surface area contributed by atoms with Crippen LogP contribution in [0.3, 0.4) is 0 Å². The number of ether oxygens (including phenoxy) is 2. The molecule has 120 valence electrons. The summed E-state index contributed by atoms with van der Waals surface area (Å²) in [6.45, 7) is 0.420. The first kappa shape index (κ1) is 14.9. The van der Waals surface area contributed by atoms with Gasteiger partial charge >= 0.3 is 0 Å². The molecule has 0 spiro atoms. The third-order valence-corrected chi connectivity index (χ3v) is 7.39.